The van der Waals surface area contributed by atoms with Gasteiger partial charge in [-0.3, -0.25) is 28.8 Å². The van der Waals surface area contributed by atoms with Gasteiger partial charge in [0, 0.05) is 0 Å². The van der Waals surface area contributed by atoms with Crippen LogP contribution in [0.4, 0.5) is 0 Å². The molecule has 0 unspecified atom stereocenters. The Kier molecular flexibility index (Phi) is 13.9. The van der Waals surface area contributed by atoms with E-state index < -0.39 is 67.7 Å². The number of unbranched alkanes of at least 4 members (excludes halogenated alkanes) is 1. The highest BCUT2D eigenvalue weighted by atomic mass is 16.4. The van der Waals surface area contributed by atoms with Crippen LogP contribution in [0.1, 0.15) is 19.3 Å². The molecule has 0 aromatic rings. The van der Waals surface area contributed by atoms with E-state index in [-0.39, 0.29) is 6.54 Å². The van der Waals surface area contributed by atoms with E-state index in [4.69, 9.17) is 16.6 Å². The average molecular weight is 431 g/mol. The fourth-order valence-corrected chi connectivity index (χ4v) is 2.02. The third-order valence-electron chi connectivity index (χ3n) is 3.54. The fourth-order valence-electron chi connectivity index (χ4n) is 2.02. The Morgan fingerprint density at radius 1 is 0.700 bits per heavy atom. The van der Waals surface area contributed by atoms with E-state index in [0.29, 0.717) is 25.8 Å². The second-order valence-corrected chi connectivity index (χ2v) is 6.05. The third kappa shape index (κ3) is 13.8. The summed E-state index contributed by atoms with van der Waals surface area (Å²) in [6.07, 6.45) is 1.57. The molecular weight excluding hydrogens is 402 g/mol. The second kappa shape index (κ2) is 15.6. The van der Waals surface area contributed by atoms with Gasteiger partial charge in [0.05, 0.1) is 26.2 Å². The van der Waals surface area contributed by atoms with Gasteiger partial charge < -0.3 is 43.2 Å². The molecule has 1 atom stereocenters. The molecule has 0 aliphatic carbocycles. The van der Waals surface area contributed by atoms with Crippen LogP contribution in [0, 0.1) is 0 Å². The van der Waals surface area contributed by atoms with Gasteiger partial charge >= 0.3 is 5.97 Å². The maximum absolute atomic E-state index is 12.2. The van der Waals surface area contributed by atoms with Crippen LogP contribution < -0.4 is 38.1 Å². The quantitative estimate of drug-likeness (QED) is 0.116. The van der Waals surface area contributed by atoms with Crippen LogP contribution in [0.25, 0.3) is 0 Å². The smallest absolute Gasteiger partial charge is 0.322 e. The molecule has 14 nitrogen and oxygen atoms in total. The van der Waals surface area contributed by atoms with E-state index in [0.717, 1.165) is 0 Å². The van der Waals surface area contributed by atoms with Crippen LogP contribution in [-0.2, 0) is 28.8 Å². The van der Waals surface area contributed by atoms with Crippen molar-refractivity contribution >= 4 is 35.5 Å². The van der Waals surface area contributed by atoms with Crippen molar-refractivity contribution in [2.45, 2.75) is 25.3 Å². The molecule has 30 heavy (non-hydrogen) atoms. The Balaban J connectivity index is 4.24. The minimum atomic E-state index is -1.23. The van der Waals surface area contributed by atoms with E-state index in [1.54, 1.807) is 0 Å². The zero-order valence-electron chi connectivity index (χ0n) is 16.5. The first-order valence-corrected chi connectivity index (χ1v) is 9.18. The molecule has 170 valence electrons. The topological polar surface area (TPSA) is 235 Å². The third-order valence-corrected chi connectivity index (χ3v) is 3.54. The number of rotatable bonds is 15. The van der Waals surface area contributed by atoms with Gasteiger partial charge in [-0.2, -0.15) is 0 Å². The van der Waals surface area contributed by atoms with Crippen molar-refractivity contribution in [2.75, 3.05) is 39.3 Å². The predicted octanol–water partition coefficient (Wildman–Crippen LogP) is -4.89. The normalized spacial score (nSPS) is 11.0. The molecule has 0 saturated carbocycles. The van der Waals surface area contributed by atoms with Gasteiger partial charge in [-0.25, -0.2) is 0 Å². The summed E-state index contributed by atoms with van der Waals surface area (Å²) in [6, 6.07) is -0.868. The number of carboxylic acids is 1. The first kappa shape index (κ1) is 26.7. The van der Waals surface area contributed by atoms with Gasteiger partial charge in [0.1, 0.15) is 12.6 Å². The average Bonchev–Trinajstić information content (AvgIpc) is 2.72. The SMILES string of the molecule is NCCCC[C@H](NC(=O)CN)C(=O)NCC(=O)NCC(=O)NCC(=O)NCC(=O)O. The maximum Gasteiger partial charge on any atom is 0.322 e. The van der Waals surface area contributed by atoms with Crippen LogP contribution >= 0.6 is 0 Å². The highest BCUT2D eigenvalue weighted by Crippen LogP contribution is 2.00. The zero-order valence-corrected chi connectivity index (χ0v) is 16.5. The highest BCUT2D eigenvalue weighted by Gasteiger charge is 2.20. The number of amides is 5. The van der Waals surface area contributed by atoms with E-state index in [2.05, 4.69) is 21.3 Å². The Labute approximate surface area is 172 Å². The molecule has 5 amide bonds. The molecule has 0 aromatic carbocycles. The number of hydrogen-bond donors (Lipinski definition) is 8. The number of aliphatic carboxylic acids is 1. The van der Waals surface area contributed by atoms with Crippen molar-refractivity contribution in [3.8, 4) is 0 Å². The lowest BCUT2D eigenvalue weighted by Gasteiger charge is -2.18. The number of carbonyl (C=O) groups excluding carboxylic acids is 5. The van der Waals surface area contributed by atoms with Gasteiger partial charge in [-0.15, -0.1) is 0 Å². The van der Waals surface area contributed by atoms with Gasteiger partial charge in [0.2, 0.25) is 29.5 Å². The maximum atomic E-state index is 12.2. The highest BCUT2D eigenvalue weighted by molar-refractivity contribution is 5.92. The van der Waals surface area contributed by atoms with Crippen molar-refractivity contribution in [3.05, 3.63) is 0 Å². The predicted molar refractivity (Wildman–Crippen MR) is 104 cm³/mol. The van der Waals surface area contributed by atoms with Crippen LogP contribution in [0.3, 0.4) is 0 Å². The lowest BCUT2D eigenvalue weighted by atomic mass is 10.1. The van der Waals surface area contributed by atoms with Crippen molar-refractivity contribution in [2.24, 2.45) is 11.5 Å². The number of nitrogens with one attached hydrogen (secondary N) is 5. The monoisotopic (exact) mass is 431 g/mol. The summed E-state index contributed by atoms with van der Waals surface area (Å²) in [7, 11) is 0. The molecule has 14 heteroatoms. The Morgan fingerprint density at radius 3 is 1.67 bits per heavy atom. The molecular formula is C16H29N7O7. The molecule has 0 aliphatic rings. The Bertz CT molecular complexity index is 627. The van der Waals surface area contributed by atoms with Crippen LogP contribution in [0.5, 0.6) is 0 Å². The van der Waals surface area contributed by atoms with Gasteiger partial charge in [0.15, 0.2) is 0 Å². The largest absolute Gasteiger partial charge is 0.480 e. The lowest BCUT2D eigenvalue weighted by Crippen LogP contribution is -2.50. The summed E-state index contributed by atoms with van der Waals surface area (Å²) in [5, 5.41) is 19.7. The number of carbonyl (C=O) groups is 6. The summed E-state index contributed by atoms with van der Waals surface area (Å²) in [6.45, 7) is -1.77. The molecule has 0 spiro atoms. The molecule has 0 bridgehead atoms. The number of nitrogens with two attached hydrogens (primary N) is 2. The molecule has 0 heterocycles. The lowest BCUT2D eigenvalue weighted by molar-refractivity contribution is -0.137. The molecule has 0 saturated heterocycles. The molecule has 0 aromatic heterocycles. The second-order valence-electron chi connectivity index (χ2n) is 6.05. The number of carboxylic acid groups (broad SMARTS) is 1. The minimum Gasteiger partial charge on any atom is -0.480 e. The molecule has 0 aliphatic heterocycles. The van der Waals surface area contributed by atoms with E-state index in [1.165, 1.54) is 0 Å². The zero-order chi connectivity index (χ0) is 22.9. The van der Waals surface area contributed by atoms with E-state index in [1.807, 2.05) is 5.32 Å². The summed E-state index contributed by atoms with van der Waals surface area (Å²) in [5.74, 6) is -4.38. The standard InChI is InChI=1S/C16H29N7O7/c17-4-2-1-3-10(23-11(24)5-18)16(30)22-8-14(27)20-6-12(25)19-7-13(26)21-9-15(28)29/h10H,1-9,17-18H2,(H,19,25)(H,20,27)(H,21,26)(H,22,30)(H,23,24)(H,28,29)/t10-/m0/s1. The number of hydrogen-bond acceptors (Lipinski definition) is 8. The van der Waals surface area contributed by atoms with Crippen LogP contribution in [0.15, 0.2) is 0 Å². The van der Waals surface area contributed by atoms with Crippen molar-refractivity contribution in [1.82, 2.24) is 26.6 Å². The molecule has 0 radical (unpaired) electrons. The molecule has 0 fully saturated rings. The summed E-state index contributed by atoms with van der Waals surface area (Å²) in [5.41, 5.74) is 10.6. The van der Waals surface area contributed by atoms with E-state index >= 15 is 0 Å². The first-order valence-electron chi connectivity index (χ1n) is 9.18. The molecule has 10 N–H and O–H groups in total. The Morgan fingerprint density at radius 2 is 1.20 bits per heavy atom. The van der Waals surface area contributed by atoms with Gasteiger partial charge in [-0.1, -0.05) is 0 Å². The molecule has 0 rings (SSSR count). The first-order chi connectivity index (χ1) is 14.2. The van der Waals surface area contributed by atoms with Gasteiger partial charge in [-0.05, 0) is 25.8 Å². The van der Waals surface area contributed by atoms with Gasteiger partial charge in [0.25, 0.3) is 0 Å². The van der Waals surface area contributed by atoms with Crippen molar-refractivity contribution in [1.29, 1.82) is 0 Å². The summed E-state index contributed by atoms with van der Waals surface area (Å²) in [4.78, 5) is 68.5. The summed E-state index contributed by atoms with van der Waals surface area (Å²) < 4.78 is 0. The van der Waals surface area contributed by atoms with Crippen LogP contribution in [0.2, 0.25) is 0 Å². The van der Waals surface area contributed by atoms with Crippen LogP contribution in [-0.4, -0.2) is 85.9 Å². The Hall–Kier alpha value is -3.26. The fraction of sp³-hybridized carbons (Fsp3) is 0.625. The minimum absolute atomic E-state index is 0.287. The van der Waals surface area contributed by atoms with E-state index in [9.17, 15) is 28.8 Å². The summed E-state index contributed by atoms with van der Waals surface area (Å²) >= 11 is 0. The van der Waals surface area contributed by atoms with Crippen molar-refractivity contribution < 1.29 is 33.9 Å². The van der Waals surface area contributed by atoms with Crippen molar-refractivity contribution in [3.63, 3.8) is 0 Å².